The maximum Gasteiger partial charge on any atom is 0.244 e. The third kappa shape index (κ3) is 5.23. The number of amides is 1. The zero-order chi connectivity index (χ0) is 20.3. The van der Waals surface area contributed by atoms with E-state index in [1.807, 2.05) is 14.1 Å². The van der Waals surface area contributed by atoms with Crippen LogP contribution >= 0.6 is 0 Å². The van der Waals surface area contributed by atoms with Gasteiger partial charge in [-0.2, -0.15) is 0 Å². The Balaban J connectivity index is 1.62. The highest BCUT2D eigenvalue weighted by molar-refractivity contribution is 5.88. The van der Waals surface area contributed by atoms with Crippen molar-refractivity contribution in [1.82, 2.24) is 10.2 Å². The van der Waals surface area contributed by atoms with E-state index < -0.39 is 0 Å². The average Bonchev–Trinajstić information content (AvgIpc) is 3.55. The van der Waals surface area contributed by atoms with Crippen LogP contribution in [-0.4, -0.2) is 75.6 Å². The lowest BCUT2D eigenvalue weighted by atomic mass is 9.72. The second-order valence-corrected chi connectivity index (χ2v) is 8.86. The molecule has 6 heteroatoms. The number of methoxy groups -OCH3 is 1. The van der Waals surface area contributed by atoms with E-state index in [0.717, 1.165) is 44.4 Å². The minimum atomic E-state index is -0.120. The van der Waals surface area contributed by atoms with E-state index in [-0.39, 0.29) is 35.7 Å². The molecule has 6 nitrogen and oxygen atoms in total. The Morgan fingerprint density at radius 3 is 2.75 bits per heavy atom. The number of carbonyl (C=O) groups excluding carboxylic acids is 1. The van der Waals surface area contributed by atoms with Gasteiger partial charge < -0.3 is 24.4 Å². The van der Waals surface area contributed by atoms with Crippen molar-refractivity contribution in [3.63, 3.8) is 0 Å². The first-order chi connectivity index (χ1) is 13.4. The first kappa shape index (κ1) is 21.5. The zero-order valence-corrected chi connectivity index (χ0v) is 18.0. The van der Waals surface area contributed by atoms with Gasteiger partial charge in [0, 0.05) is 25.6 Å². The number of rotatable bonds is 9. The Kier molecular flexibility index (Phi) is 6.97. The van der Waals surface area contributed by atoms with Crippen LogP contribution in [-0.2, 0) is 19.0 Å². The first-order valence-electron chi connectivity index (χ1n) is 10.4. The number of hydrogen-bond acceptors (Lipinski definition) is 5. The molecule has 2 aliphatic heterocycles. The van der Waals surface area contributed by atoms with Crippen molar-refractivity contribution < 1.29 is 19.0 Å². The molecule has 0 aromatic heterocycles. The zero-order valence-electron chi connectivity index (χ0n) is 18.0. The third-order valence-corrected chi connectivity index (χ3v) is 6.04. The first-order valence-corrected chi connectivity index (χ1v) is 10.4. The lowest BCUT2D eigenvalue weighted by Gasteiger charge is -2.37. The van der Waals surface area contributed by atoms with Gasteiger partial charge in [0.15, 0.2) is 0 Å². The normalized spacial score (nSPS) is 35.3. The highest BCUT2D eigenvalue weighted by atomic mass is 16.6. The molecule has 2 heterocycles. The molecular formula is C22H36N2O4. The fourth-order valence-corrected chi connectivity index (χ4v) is 4.36. The minimum Gasteiger partial charge on any atom is -0.377 e. The maximum absolute atomic E-state index is 12.4. The summed E-state index contributed by atoms with van der Waals surface area (Å²) < 4.78 is 17.8. The predicted octanol–water partition coefficient (Wildman–Crippen LogP) is 2.30. The second-order valence-electron chi connectivity index (χ2n) is 8.86. The van der Waals surface area contributed by atoms with Gasteiger partial charge in [0.1, 0.15) is 5.60 Å². The Morgan fingerprint density at radius 1 is 1.39 bits per heavy atom. The monoisotopic (exact) mass is 392 g/mol. The van der Waals surface area contributed by atoms with E-state index >= 15 is 0 Å². The van der Waals surface area contributed by atoms with Crippen molar-refractivity contribution in [2.45, 2.75) is 63.4 Å². The fraction of sp³-hybridized carbons (Fsp3) is 0.773. The van der Waals surface area contributed by atoms with Gasteiger partial charge in [-0.25, -0.2) is 0 Å². The third-order valence-electron chi connectivity index (χ3n) is 6.04. The number of hydrogen-bond donors (Lipinski definition) is 1. The molecule has 1 saturated carbocycles. The van der Waals surface area contributed by atoms with E-state index in [1.165, 1.54) is 5.57 Å². The molecule has 0 bridgehead atoms. The van der Waals surface area contributed by atoms with Crippen LogP contribution in [0.5, 0.6) is 0 Å². The van der Waals surface area contributed by atoms with Gasteiger partial charge in [0.05, 0.1) is 24.9 Å². The van der Waals surface area contributed by atoms with E-state index in [4.69, 9.17) is 14.2 Å². The molecular weight excluding hydrogens is 356 g/mol. The molecule has 0 aromatic carbocycles. The average molecular weight is 393 g/mol. The molecule has 2 saturated heterocycles. The second kappa shape index (κ2) is 9.08. The minimum absolute atomic E-state index is 0.0278. The Bertz CT molecular complexity index is 620. The van der Waals surface area contributed by atoms with Crippen molar-refractivity contribution in [1.29, 1.82) is 0 Å². The molecule has 28 heavy (non-hydrogen) atoms. The van der Waals surface area contributed by atoms with Crippen LogP contribution in [0, 0.1) is 5.92 Å². The summed E-state index contributed by atoms with van der Waals surface area (Å²) in [5.41, 5.74) is 2.25. The van der Waals surface area contributed by atoms with Gasteiger partial charge >= 0.3 is 0 Å². The summed E-state index contributed by atoms with van der Waals surface area (Å²) in [6.45, 7) is 6.65. The lowest BCUT2D eigenvalue weighted by Crippen LogP contribution is -2.45. The molecule has 1 aliphatic carbocycles. The summed E-state index contributed by atoms with van der Waals surface area (Å²) in [6.07, 6.45) is 7.89. The summed E-state index contributed by atoms with van der Waals surface area (Å²) in [7, 11) is 5.81. The van der Waals surface area contributed by atoms with E-state index in [9.17, 15) is 4.79 Å². The number of nitrogens with one attached hydrogen (secondary N) is 1. The molecule has 0 radical (unpaired) electrons. The topological polar surface area (TPSA) is 66.6 Å². The molecule has 0 aromatic rings. The molecule has 1 spiro atoms. The molecule has 5 atom stereocenters. The predicted molar refractivity (Wildman–Crippen MR) is 109 cm³/mol. The Hall–Kier alpha value is -1.21. The van der Waals surface area contributed by atoms with Crippen molar-refractivity contribution in [2.75, 3.05) is 40.9 Å². The number of epoxide rings is 2. The molecule has 1 amide bonds. The van der Waals surface area contributed by atoms with Crippen molar-refractivity contribution in [2.24, 2.45) is 5.92 Å². The molecule has 4 unspecified atom stereocenters. The summed E-state index contributed by atoms with van der Waals surface area (Å²) >= 11 is 0. The smallest absolute Gasteiger partial charge is 0.244 e. The van der Waals surface area contributed by atoms with Crippen LogP contribution in [0.2, 0.25) is 0 Å². The highest BCUT2D eigenvalue weighted by Crippen LogP contribution is 2.54. The molecule has 3 fully saturated rings. The summed E-state index contributed by atoms with van der Waals surface area (Å²) in [6, 6.07) is 0. The molecule has 1 N–H and O–H groups in total. The molecule has 3 aliphatic rings. The van der Waals surface area contributed by atoms with E-state index in [1.54, 1.807) is 13.2 Å². The number of carbonyl (C=O) groups is 1. The van der Waals surface area contributed by atoms with Crippen molar-refractivity contribution in [3.05, 3.63) is 23.3 Å². The molecule has 3 rings (SSSR count). The van der Waals surface area contributed by atoms with Gasteiger partial charge in [-0.3, -0.25) is 4.79 Å². The van der Waals surface area contributed by atoms with Gasteiger partial charge in [-0.05, 0) is 65.7 Å². The highest BCUT2D eigenvalue weighted by Gasteiger charge is 2.65. The summed E-state index contributed by atoms with van der Waals surface area (Å²) in [4.78, 5) is 14.5. The fourth-order valence-electron chi connectivity index (χ4n) is 4.36. The van der Waals surface area contributed by atoms with Crippen LogP contribution in [0.15, 0.2) is 23.3 Å². The van der Waals surface area contributed by atoms with Crippen LogP contribution < -0.4 is 5.32 Å². The van der Waals surface area contributed by atoms with E-state index in [0.29, 0.717) is 6.54 Å². The largest absolute Gasteiger partial charge is 0.377 e. The van der Waals surface area contributed by atoms with Crippen molar-refractivity contribution >= 4 is 5.91 Å². The Labute approximate surface area is 169 Å². The summed E-state index contributed by atoms with van der Waals surface area (Å²) in [5, 5.41) is 3.00. The summed E-state index contributed by atoms with van der Waals surface area (Å²) in [5.74, 6) is 0.134. The number of ether oxygens (including phenoxy) is 3. The van der Waals surface area contributed by atoms with Gasteiger partial charge in [0.2, 0.25) is 5.91 Å². The SMILES string of the molecule is CO[C@@H]1/C(=C\C(=O)NCCCN(C)C)CCC2(CO2)C1C1OC1CC=C(C)C. The van der Waals surface area contributed by atoms with Gasteiger partial charge in [0.25, 0.3) is 0 Å². The standard InChI is InChI=1S/C22H36N2O4/c1-15(2)7-8-17-21(28-17)19-20(26-5)16(9-10-22(19)14-27-22)13-18(25)23-11-6-12-24(3)4/h7,13,17,19-21H,6,8-12,14H2,1-5H3,(H,23,25)/b16-13-/t17?,19?,20-,21?,22?/m1/s1. The lowest BCUT2D eigenvalue weighted by molar-refractivity contribution is -0.116. The van der Waals surface area contributed by atoms with Gasteiger partial charge in [-0.15, -0.1) is 0 Å². The van der Waals surface area contributed by atoms with Crippen LogP contribution in [0.25, 0.3) is 0 Å². The van der Waals surface area contributed by atoms with E-state index in [2.05, 4.69) is 30.1 Å². The molecule has 158 valence electrons. The Morgan fingerprint density at radius 2 is 2.14 bits per heavy atom. The van der Waals surface area contributed by atoms with Crippen LogP contribution in [0.1, 0.15) is 39.5 Å². The quantitative estimate of drug-likeness (QED) is 0.282. The van der Waals surface area contributed by atoms with Gasteiger partial charge in [-0.1, -0.05) is 11.6 Å². The van der Waals surface area contributed by atoms with Crippen LogP contribution in [0.3, 0.4) is 0 Å². The maximum atomic E-state index is 12.4. The van der Waals surface area contributed by atoms with Crippen LogP contribution in [0.4, 0.5) is 0 Å². The number of nitrogens with zero attached hydrogens (tertiary/aromatic N) is 1. The number of allylic oxidation sites excluding steroid dienone is 1. The van der Waals surface area contributed by atoms with Crippen molar-refractivity contribution in [3.8, 4) is 0 Å².